The fourth-order valence-corrected chi connectivity index (χ4v) is 2.46. The SMILES string of the molecule is Cc1ccc(C(=O)C(C)OC(=O)c2ccc(COc3ccccc3)o2)cc1. The molecule has 27 heavy (non-hydrogen) atoms. The van der Waals surface area contributed by atoms with Gasteiger partial charge in [0.25, 0.3) is 0 Å². The maximum absolute atomic E-state index is 12.4. The summed E-state index contributed by atoms with van der Waals surface area (Å²) in [6, 6.07) is 19.6. The summed E-state index contributed by atoms with van der Waals surface area (Å²) in [5.41, 5.74) is 1.55. The second-order valence-electron chi connectivity index (χ2n) is 6.15. The molecule has 1 unspecified atom stereocenters. The Morgan fingerprint density at radius 3 is 2.37 bits per heavy atom. The van der Waals surface area contributed by atoms with Gasteiger partial charge in [-0.3, -0.25) is 4.79 Å². The number of benzene rings is 2. The van der Waals surface area contributed by atoms with Crippen molar-refractivity contribution in [2.75, 3.05) is 0 Å². The van der Waals surface area contributed by atoms with E-state index in [1.807, 2.05) is 49.4 Å². The van der Waals surface area contributed by atoms with Crippen LogP contribution in [0.3, 0.4) is 0 Å². The summed E-state index contributed by atoms with van der Waals surface area (Å²) in [5, 5.41) is 0. The molecule has 0 amide bonds. The van der Waals surface area contributed by atoms with Crippen LogP contribution in [0.2, 0.25) is 0 Å². The molecule has 0 fully saturated rings. The number of hydrogen-bond acceptors (Lipinski definition) is 5. The van der Waals surface area contributed by atoms with Crippen molar-refractivity contribution in [3.05, 3.63) is 89.4 Å². The molecular formula is C22H20O5. The van der Waals surface area contributed by atoms with Crippen LogP contribution >= 0.6 is 0 Å². The maximum Gasteiger partial charge on any atom is 0.374 e. The molecular weight excluding hydrogens is 344 g/mol. The van der Waals surface area contributed by atoms with Crippen LogP contribution in [0.5, 0.6) is 5.75 Å². The van der Waals surface area contributed by atoms with Crippen LogP contribution in [0.15, 0.2) is 71.1 Å². The van der Waals surface area contributed by atoms with Gasteiger partial charge >= 0.3 is 5.97 Å². The highest BCUT2D eigenvalue weighted by Gasteiger charge is 2.22. The number of Topliss-reactive ketones (excluding diaryl/α,β-unsaturated/α-hetero) is 1. The van der Waals surface area contributed by atoms with Crippen molar-refractivity contribution in [2.45, 2.75) is 26.6 Å². The minimum atomic E-state index is -0.908. The van der Waals surface area contributed by atoms with E-state index >= 15 is 0 Å². The van der Waals surface area contributed by atoms with Crippen molar-refractivity contribution in [1.29, 1.82) is 0 Å². The van der Waals surface area contributed by atoms with Crippen LogP contribution in [0, 0.1) is 6.92 Å². The van der Waals surface area contributed by atoms with E-state index in [4.69, 9.17) is 13.9 Å². The van der Waals surface area contributed by atoms with Gasteiger partial charge in [0.2, 0.25) is 11.5 Å². The number of esters is 1. The number of para-hydroxylation sites is 1. The van der Waals surface area contributed by atoms with Crippen LogP contribution in [-0.2, 0) is 11.3 Å². The zero-order valence-electron chi connectivity index (χ0n) is 15.2. The molecule has 2 aromatic carbocycles. The molecule has 0 saturated carbocycles. The Morgan fingerprint density at radius 1 is 0.963 bits per heavy atom. The molecule has 5 heteroatoms. The quantitative estimate of drug-likeness (QED) is 0.453. The summed E-state index contributed by atoms with van der Waals surface area (Å²) >= 11 is 0. The van der Waals surface area contributed by atoms with Crippen LogP contribution in [0.1, 0.15) is 39.2 Å². The number of hydrogen-bond donors (Lipinski definition) is 0. The van der Waals surface area contributed by atoms with Crippen molar-refractivity contribution in [3.8, 4) is 5.75 Å². The first-order chi connectivity index (χ1) is 13.0. The van der Waals surface area contributed by atoms with E-state index in [0.717, 1.165) is 5.56 Å². The van der Waals surface area contributed by atoms with Crippen LogP contribution in [0.25, 0.3) is 0 Å². The highest BCUT2D eigenvalue weighted by Crippen LogP contribution is 2.16. The average Bonchev–Trinajstić information content (AvgIpc) is 3.16. The summed E-state index contributed by atoms with van der Waals surface area (Å²) in [7, 11) is 0. The first-order valence-electron chi connectivity index (χ1n) is 8.61. The minimum absolute atomic E-state index is 0.0326. The van der Waals surface area contributed by atoms with E-state index in [1.165, 1.54) is 6.07 Å². The van der Waals surface area contributed by atoms with Crippen molar-refractivity contribution in [3.63, 3.8) is 0 Å². The second-order valence-corrected chi connectivity index (χ2v) is 6.15. The third-order valence-electron chi connectivity index (χ3n) is 3.98. The topological polar surface area (TPSA) is 65.7 Å². The minimum Gasteiger partial charge on any atom is -0.486 e. The zero-order valence-corrected chi connectivity index (χ0v) is 15.2. The Hall–Kier alpha value is -3.34. The number of rotatable bonds is 7. The van der Waals surface area contributed by atoms with E-state index in [0.29, 0.717) is 17.1 Å². The number of aryl methyl sites for hydroxylation is 1. The Balaban J connectivity index is 1.57. The summed E-state index contributed by atoms with van der Waals surface area (Å²) in [6.07, 6.45) is -0.908. The van der Waals surface area contributed by atoms with Crippen LogP contribution in [-0.4, -0.2) is 17.9 Å². The van der Waals surface area contributed by atoms with Gasteiger partial charge in [0, 0.05) is 5.56 Å². The number of carbonyl (C=O) groups is 2. The molecule has 0 aliphatic rings. The van der Waals surface area contributed by atoms with Crippen LogP contribution in [0.4, 0.5) is 0 Å². The molecule has 0 aliphatic heterocycles. The molecule has 3 rings (SSSR count). The summed E-state index contributed by atoms with van der Waals surface area (Å²) in [5.74, 6) is 0.278. The summed E-state index contributed by atoms with van der Waals surface area (Å²) in [6.45, 7) is 3.67. The van der Waals surface area contributed by atoms with E-state index < -0.39 is 12.1 Å². The third-order valence-corrected chi connectivity index (χ3v) is 3.98. The molecule has 1 atom stereocenters. The van der Waals surface area contributed by atoms with Crippen molar-refractivity contribution >= 4 is 11.8 Å². The summed E-state index contributed by atoms with van der Waals surface area (Å²) in [4.78, 5) is 24.6. The van der Waals surface area contributed by atoms with Crippen LogP contribution < -0.4 is 4.74 Å². The van der Waals surface area contributed by atoms with Gasteiger partial charge in [0.05, 0.1) is 0 Å². The molecule has 0 radical (unpaired) electrons. The largest absolute Gasteiger partial charge is 0.486 e. The fraction of sp³-hybridized carbons (Fsp3) is 0.182. The highest BCUT2D eigenvalue weighted by molar-refractivity contribution is 6.01. The molecule has 0 saturated heterocycles. The van der Waals surface area contributed by atoms with Gasteiger partial charge in [0.1, 0.15) is 18.1 Å². The Morgan fingerprint density at radius 2 is 1.67 bits per heavy atom. The van der Waals surface area contributed by atoms with Gasteiger partial charge in [-0.1, -0.05) is 48.0 Å². The van der Waals surface area contributed by atoms with E-state index in [9.17, 15) is 9.59 Å². The van der Waals surface area contributed by atoms with Gasteiger partial charge in [-0.2, -0.15) is 0 Å². The molecule has 1 aromatic heterocycles. The fourth-order valence-electron chi connectivity index (χ4n) is 2.46. The molecule has 0 spiro atoms. The van der Waals surface area contributed by atoms with E-state index in [1.54, 1.807) is 25.1 Å². The van der Waals surface area contributed by atoms with Gasteiger partial charge in [-0.05, 0) is 38.1 Å². The Kier molecular flexibility index (Phi) is 5.71. The molecule has 0 aliphatic carbocycles. The smallest absolute Gasteiger partial charge is 0.374 e. The predicted octanol–water partition coefficient (Wildman–Crippen LogP) is 4.60. The molecule has 3 aromatic rings. The maximum atomic E-state index is 12.4. The standard InChI is InChI=1S/C22H20O5/c1-15-8-10-17(11-9-15)21(23)16(2)26-22(24)20-13-12-19(27-20)14-25-18-6-4-3-5-7-18/h3-13,16H,14H2,1-2H3. The van der Waals surface area contributed by atoms with E-state index in [-0.39, 0.29) is 18.2 Å². The Bertz CT molecular complexity index is 909. The van der Waals surface area contributed by atoms with Gasteiger partial charge in [-0.15, -0.1) is 0 Å². The molecule has 0 N–H and O–H groups in total. The zero-order chi connectivity index (χ0) is 19.2. The first kappa shape index (κ1) is 18.5. The predicted molar refractivity (Wildman–Crippen MR) is 99.9 cm³/mol. The summed E-state index contributed by atoms with van der Waals surface area (Å²) < 4.78 is 16.3. The Labute approximate surface area is 157 Å². The normalized spacial score (nSPS) is 11.6. The number of carbonyl (C=O) groups excluding carboxylic acids is 2. The van der Waals surface area contributed by atoms with Gasteiger partial charge in [-0.25, -0.2) is 4.79 Å². The lowest BCUT2D eigenvalue weighted by Gasteiger charge is -2.11. The number of furan rings is 1. The first-order valence-corrected chi connectivity index (χ1v) is 8.61. The van der Waals surface area contributed by atoms with Gasteiger partial charge < -0.3 is 13.9 Å². The molecule has 0 bridgehead atoms. The number of ether oxygens (including phenoxy) is 2. The lowest BCUT2D eigenvalue weighted by atomic mass is 10.1. The number of ketones is 1. The van der Waals surface area contributed by atoms with E-state index in [2.05, 4.69) is 0 Å². The average molecular weight is 364 g/mol. The van der Waals surface area contributed by atoms with Crippen molar-refractivity contribution < 1.29 is 23.5 Å². The molecule has 138 valence electrons. The van der Waals surface area contributed by atoms with Gasteiger partial charge in [0.15, 0.2) is 6.10 Å². The monoisotopic (exact) mass is 364 g/mol. The van der Waals surface area contributed by atoms with Crippen molar-refractivity contribution in [2.24, 2.45) is 0 Å². The molecule has 1 heterocycles. The lowest BCUT2D eigenvalue weighted by molar-refractivity contribution is 0.0286. The second kappa shape index (κ2) is 8.36. The van der Waals surface area contributed by atoms with Crippen molar-refractivity contribution in [1.82, 2.24) is 0 Å². The third kappa shape index (κ3) is 4.85. The molecule has 5 nitrogen and oxygen atoms in total. The highest BCUT2D eigenvalue weighted by atomic mass is 16.6. The lowest BCUT2D eigenvalue weighted by Crippen LogP contribution is -2.24.